The lowest BCUT2D eigenvalue weighted by atomic mass is 10.1. The first-order chi connectivity index (χ1) is 9.47. The number of urea groups is 1. The third-order valence-electron chi connectivity index (χ3n) is 3.15. The largest absolute Gasteiger partial charge is 0.478 e. The monoisotopic (exact) mass is 298 g/mol. The van der Waals surface area contributed by atoms with Crippen LogP contribution in [0.25, 0.3) is 0 Å². The number of hydrogen-bond donors (Lipinski definition) is 3. The lowest BCUT2D eigenvalue weighted by molar-refractivity contribution is 0.0697. The van der Waals surface area contributed by atoms with Gasteiger partial charge < -0.3 is 20.5 Å². The zero-order chi connectivity index (χ0) is 14.7. The minimum atomic E-state index is -1.14. The van der Waals surface area contributed by atoms with Crippen molar-refractivity contribution in [3.63, 3.8) is 0 Å². The molecule has 2 amide bonds. The van der Waals surface area contributed by atoms with Crippen LogP contribution in [0.2, 0.25) is 5.02 Å². The Morgan fingerprint density at radius 1 is 1.45 bits per heavy atom. The Labute approximate surface area is 121 Å². The van der Waals surface area contributed by atoms with Gasteiger partial charge in [0.25, 0.3) is 0 Å². The molecule has 2 atom stereocenters. The SMILES string of the molecule is CC1OCCC1NC(=O)Nc1ccc(Cl)c(C(=O)O)c1. The van der Waals surface area contributed by atoms with E-state index in [1.807, 2.05) is 6.92 Å². The first kappa shape index (κ1) is 14.6. The summed E-state index contributed by atoms with van der Waals surface area (Å²) in [5.41, 5.74) is 0.318. The topological polar surface area (TPSA) is 87.7 Å². The van der Waals surface area contributed by atoms with E-state index < -0.39 is 12.0 Å². The molecular formula is C13H15ClN2O4. The molecule has 1 aromatic carbocycles. The Balaban J connectivity index is 2.00. The van der Waals surface area contributed by atoms with E-state index in [2.05, 4.69) is 10.6 Å². The molecule has 0 saturated carbocycles. The van der Waals surface area contributed by atoms with Gasteiger partial charge in [0.1, 0.15) is 0 Å². The maximum Gasteiger partial charge on any atom is 0.337 e. The minimum absolute atomic E-state index is 0.0273. The number of carbonyl (C=O) groups is 2. The number of carbonyl (C=O) groups excluding carboxylic acids is 1. The third kappa shape index (κ3) is 3.40. The molecule has 1 aliphatic rings. The van der Waals surface area contributed by atoms with Crippen molar-refractivity contribution in [2.24, 2.45) is 0 Å². The molecule has 108 valence electrons. The van der Waals surface area contributed by atoms with E-state index in [4.69, 9.17) is 21.4 Å². The van der Waals surface area contributed by atoms with Crippen LogP contribution in [0.1, 0.15) is 23.7 Å². The van der Waals surface area contributed by atoms with E-state index in [1.165, 1.54) is 12.1 Å². The number of benzene rings is 1. The average Bonchev–Trinajstić information content (AvgIpc) is 2.77. The van der Waals surface area contributed by atoms with Crippen molar-refractivity contribution in [2.45, 2.75) is 25.5 Å². The molecule has 0 bridgehead atoms. The number of amides is 2. The third-order valence-corrected chi connectivity index (χ3v) is 3.48. The number of aromatic carboxylic acids is 1. The van der Waals surface area contributed by atoms with Crippen molar-refractivity contribution >= 4 is 29.3 Å². The molecule has 6 nitrogen and oxygen atoms in total. The standard InChI is InChI=1S/C13H15ClN2O4/c1-7-11(4-5-20-7)16-13(19)15-8-2-3-10(14)9(6-8)12(17)18/h2-3,6-7,11H,4-5H2,1H3,(H,17,18)(H2,15,16,19). The van der Waals surface area contributed by atoms with Gasteiger partial charge in [-0.1, -0.05) is 11.6 Å². The summed E-state index contributed by atoms with van der Waals surface area (Å²) in [4.78, 5) is 22.8. The molecule has 1 aliphatic heterocycles. The minimum Gasteiger partial charge on any atom is -0.478 e. The fourth-order valence-corrected chi connectivity index (χ4v) is 2.22. The second-order valence-electron chi connectivity index (χ2n) is 4.57. The number of nitrogens with one attached hydrogen (secondary N) is 2. The Morgan fingerprint density at radius 3 is 2.80 bits per heavy atom. The fourth-order valence-electron chi connectivity index (χ4n) is 2.02. The summed E-state index contributed by atoms with van der Waals surface area (Å²) in [7, 11) is 0. The van der Waals surface area contributed by atoms with Gasteiger partial charge in [0, 0.05) is 12.3 Å². The van der Waals surface area contributed by atoms with Crippen LogP contribution in [-0.4, -0.2) is 35.9 Å². The van der Waals surface area contributed by atoms with Gasteiger partial charge >= 0.3 is 12.0 Å². The highest BCUT2D eigenvalue weighted by Gasteiger charge is 2.25. The van der Waals surface area contributed by atoms with Gasteiger partial charge in [-0.3, -0.25) is 0 Å². The van der Waals surface area contributed by atoms with Gasteiger partial charge in [-0.2, -0.15) is 0 Å². The number of carboxylic acids is 1. The number of rotatable bonds is 3. The van der Waals surface area contributed by atoms with Gasteiger partial charge in [-0.15, -0.1) is 0 Å². The van der Waals surface area contributed by atoms with Crippen LogP contribution < -0.4 is 10.6 Å². The van der Waals surface area contributed by atoms with Crippen molar-refractivity contribution in [1.82, 2.24) is 5.32 Å². The highest BCUT2D eigenvalue weighted by molar-refractivity contribution is 6.33. The predicted molar refractivity (Wildman–Crippen MR) is 74.4 cm³/mol. The molecule has 0 spiro atoms. The molecule has 0 aromatic heterocycles. The highest BCUT2D eigenvalue weighted by atomic mass is 35.5. The Bertz CT molecular complexity index is 535. The average molecular weight is 299 g/mol. The predicted octanol–water partition coefficient (Wildman–Crippen LogP) is 2.34. The van der Waals surface area contributed by atoms with Crippen molar-refractivity contribution in [1.29, 1.82) is 0 Å². The molecule has 1 heterocycles. The van der Waals surface area contributed by atoms with Crippen LogP contribution >= 0.6 is 11.6 Å². The van der Waals surface area contributed by atoms with E-state index in [0.717, 1.165) is 6.42 Å². The van der Waals surface area contributed by atoms with Gasteiger partial charge in [-0.25, -0.2) is 9.59 Å². The summed E-state index contributed by atoms with van der Waals surface area (Å²) < 4.78 is 5.35. The first-order valence-electron chi connectivity index (χ1n) is 6.19. The van der Waals surface area contributed by atoms with E-state index in [1.54, 1.807) is 6.07 Å². The quantitative estimate of drug-likeness (QED) is 0.799. The maximum atomic E-state index is 11.8. The highest BCUT2D eigenvalue weighted by Crippen LogP contribution is 2.20. The molecule has 20 heavy (non-hydrogen) atoms. The van der Waals surface area contributed by atoms with E-state index >= 15 is 0 Å². The fraction of sp³-hybridized carbons (Fsp3) is 0.385. The van der Waals surface area contributed by atoms with Gasteiger partial charge in [-0.05, 0) is 31.5 Å². The Kier molecular flexibility index (Phi) is 4.46. The molecular weight excluding hydrogens is 284 g/mol. The summed E-state index contributed by atoms with van der Waals surface area (Å²) in [6.45, 7) is 2.51. The van der Waals surface area contributed by atoms with Crippen molar-refractivity contribution in [3.05, 3.63) is 28.8 Å². The van der Waals surface area contributed by atoms with Crippen LogP contribution in [0.3, 0.4) is 0 Å². The maximum absolute atomic E-state index is 11.8. The second-order valence-corrected chi connectivity index (χ2v) is 4.98. The summed E-state index contributed by atoms with van der Waals surface area (Å²) in [5, 5.41) is 14.5. The number of anilines is 1. The van der Waals surface area contributed by atoms with Gasteiger partial charge in [0.05, 0.1) is 22.7 Å². The Hall–Kier alpha value is -1.79. The van der Waals surface area contributed by atoms with E-state index in [9.17, 15) is 9.59 Å². The zero-order valence-corrected chi connectivity index (χ0v) is 11.6. The summed E-state index contributed by atoms with van der Waals surface area (Å²) in [5.74, 6) is -1.14. The lowest BCUT2D eigenvalue weighted by Crippen LogP contribution is -2.41. The van der Waals surface area contributed by atoms with Crippen molar-refractivity contribution in [2.75, 3.05) is 11.9 Å². The van der Waals surface area contributed by atoms with Crippen LogP contribution in [-0.2, 0) is 4.74 Å². The van der Waals surface area contributed by atoms with E-state index in [-0.39, 0.29) is 22.7 Å². The summed E-state index contributed by atoms with van der Waals surface area (Å²) in [6, 6.07) is 3.86. The molecule has 2 unspecified atom stereocenters. The van der Waals surface area contributed by atoms with Crippen LogP contribution in [0.5, 0.6) is 0 Å². The molecule has 3 N–H and O–H groups in total. The number of hydrogen-bond acceptors (Lipinski definition) is 3. The van der Waals surface area contributed by atoms with E-state index in [0.29, 0.717) is 12.3 Å². The number of ether oxygens (including phenoxy) is 1. The van der Waals surface area contributed by atoms with Crippen molar-refractivity contribution in [3.8, 4) is 0 Å². The smallest absolute Gasteiger partial charge is 0.337 e. The number of carboxylic acid groups (broad SMARTS) is 1. The van der Waals surface area contributed by atoms with Crippen LogP contribution in [0.15, 0.2) is 18.2 Å². The molecule has 1 fully saturated rings. The van der Waals surface area contributed by atoms with Crippen LogP contribution in [0.4, 0.5) is 10.5 Å². The molecule has 1 aromatic rings. The van der Waals surface area contributed by atoms with Gasteiger partial charge in [0.15, 0.2) is 0 Å². The molecule has 0 aliphatic carbocycles. The zero-order valence-electron chi connectivity index (χ0n) is 10.9. The van der Waals surface area contributed by atoms with Crippen LogP contribution in [0, 0.1) is 0 Å². The van der Waals surface area contributed by atoms with Crippen molar-refractivity contribution < 1.29 is 19.4 Å². The Morgan fingerprint density at radius 2 is 2.20 bits per heavy atom. The summed E-state index contributed by atoms with van der Waals surface area (Å²) in [6.07, 6.45) is 0.732. The summed E-state index contributed by atoms with van der Waals surface area (Å²) >= 11 is 5.76. The number of halogens is 1. The second kappa shape index (κ2) is 6.11. The molecule has 1 saturated heterocycles. The molecule has 2 rings (SSSR count). The van der Waals surface area contributed by atoms with Gasteiger partial charge in [0.2, 0.25) is 0 Å². The molecule has 0 radical (unpaired) electrons. The first-order valence-corrected chi connectivity index (χ1v) is 6.57. The normalized spacial score (nSPS) is 21.5. The molecule has 7 heteroatoms. The lowest BCUT2D eigenvalue weighted by Gasteiger charge is -2.16.